The number of rotatable bonds is 3. The third-order valence-corrected chi connectivity index (χ3v) is 3.76. The monoisotopic (exact) mass is 302 g/mol. The van der Waals surface area contributed by atoms with Gasteiger partial charge in [-0.3, -0.25) is 4.98 Å². The highest BCUT2D eigenvalue weighted by molar-refractivity contribution is 6.39. The molecule has 0 fully saturated rings. The number of benzene rings is 2. The molecule has 0 aliphatic rings. The number of hydrogen-bond donors (Lipinski definition) is 1. The molecule has 0 amide bonds. The molecule has 2 nitrogen and oxygen atoms in total. The zero-order valence-corrected chi connectivity index (χ0v) is 12.1. The number of aromatic nitrogens is 1. The lowest BCUT2D eigenvalue weighted by atomic mass is 10.1. The summed E-state index contributed by atoms with van der Waals surface area (Å²) in [7, 11) is 0. The second-order valence-electron chi connectivity index (χ2n) is 4.44. The Hall–Kier alpha value is -1.77. The molecule has 2 aromatic carbocycles. The quantitative estimate of drug-likeness (QED) is 0.723. The summed E-state index contributed by atoms with van der Waals surface area (Å²) < 4.78 is 0. The zero-order chi connectivity index (χ0) is 13.9. The van der Waals surface area contributed by atoms with Gasteiger partial charge in [0.25, 0.3) is 0 Å². The van der Waals surface area contributed by atoms with Crippen molar-refractivity contribution in [2.45, 2.75) is 6.54 Å². The van der Waals surface area contributed by atoms with Crippen LogP contribution in [-0.2, 0) is 6.54 Å². The van der Waals surface area contributed by atoms with Crippen LogP contribution < -0.4 is 5.32 Å². The van der Waals surface area contributed by atoms with Crippen LogP contribution in [0.15, 0.2) is 54.7 Å². The van der Waals surface area contributed by atoms with Gasteiger partial charge in [0.2, 0.25) is 0 Å². The summed E-state index contributed by atoms with van der Waals surface area (Å²) in [6, 6.07) is 15.6. The molecule has 1 N–H and O–H groups in total. The van der Waals surface area contributed by atoms with Crippen molar-refractivity contribution in [3.05, 3.63) is 70.3 Å². The molecular formula is C16H12Cl2N2. The van der Waals surface area contributed by atoms with E-state index in [0.29, 0.717) is 16.6 Å². The van der Waals surface area contributed by atoms with Crippen molar-refractivity contribution < 1.29 is 0 Å². The van der Waals surface area contributed by atoms with Crippen LogP contribution in [0.3, 0.4) is 0 Å². The highest BCUT2D eigenvalue weighted by atomic mass is 35.5. The second-order valence-corrected chi connectivity index (χ2v) is 5.26. The number of pyridine rings is 1. The van der Waals surface area contributed by atoms with Gasteiger partial charge in [0.05, 0.1) is 21.2 Å². The molecule has 1 heterocycles. The number of anilines is 1. The molecule has 0 aliphatic heterocycles. The Bertz CT molecular complexity index is 731. The fourth-order valence-corrected chi connectivity index (χ4v) is 2.69. The maximum absolute atomic E-state index is 6.15. The fraction of sp³-hybridized carbons (Fsp3) is 0.0625. The van der Waals surface area contributed by atoms with E-state index in [-0.39, 0.29) is 0 Å². The average Bonchev–Trinajstić information content (AvgIpc) is 2.47. The maximum atomic E-state index is 6.15. The van der Waals surface area contributed by atoms with E-state index < -0.39 is 0 Å². The van der Waals surface area contributed by atoms with Gasteiger partial charge >= 0.3 is 0 Å². The number of halogens is 2. The van der Waals surface area contributed by atoms with Gasteiger partial charge in [0.1, 0.15) is 0 Å². The van der Waals surface area contributed by atoms with Gasteiger partial charge < -0.3 is 5.32 Å². The van der Waals surface area contributed by atoms with Crippen LogP contribution in [0.4, 0.5) is 5.69 Å². The largest absolute Gasteiger partial charge is 0.378 e. The van der Waals surface area contributed by atoms with Gasteiger partial charge in [-0.05, 0) is 23.8 Å². The van der Waals surface area contributed by atoms with Crippen LogP contribution in [0.25, 0.3) is 10.9 Å². The number of nitrogens with one attached hydrogen (secondary N) is 1. The topological polar surface area (TPSA) is 24.9 Å². The molecule has 0 aliphatic carbocycles. The molecular weight excluding hydrogens is 291 g/mol. The Kier molecular flexibility index (Phi) is 3.77. The molecule has 0 bridgehead atoms. The van der Waals surface area contributed by atoms with Gasteiger partial charge in [0, 0.05) is 18.1 Å². The molecule has 3 aromatic rings. The van der Waals surface area contributed by atoms with E-state index in [1.54, 1.807) is 6.20 Å². The molecule has 1 aromatic heterocycles. The van der Waals surface area contributed by atoms with E-state index in [2.05, 4.69) is 10.3 Å². The second kappa shape index (κ2) is 5.70. The van der Waals surface area contributed by atoms with Crippen molar-refractivity contribution in [3.8, 4) is 0 Å². The summed E-state index contributed by atoms with van der Waals surface area (Å²) >= 11 is 12.3. The lowest BCUT2D eigenvalue weighted by molar-refractivity contribution is 1.15. The van der Waals surface area contributed by atoms with E-state index in [4.69, 9.17) is 23.2 Å². The van der Waals surface area contributed by atoms with E-state index in [0.717, 1.165) is 22.2 Å². The van der Waals surface area contributed by atoms with Gasteiger partial charge in [-0.15, -0.1) is 0 Å². The van der Waals surface area contributed by atoms with Gasteiger partial charge in [-0.1, -0.05) is 53.5 Å². The van der Waals surface area contributed by atoms with Crippen molar-refractivity contribution in [1.29, 1.82) is 0 Å². The van der Waals surface area contributed by atoms with E-state index in [9.17, 15) is 0 Å². The minimum absolute atomic E-state index is 0.616. The van der Waals surface area contributed by atoms with Gasteiger partial charge in [-0.2, -0.15) is 0 Å². The normalized spacial score (nSPS) is 10.7. The molecule has 3 rings (SSSR count). The lowest BCUT2D eigenvalue weighted by Gasteiger charge is -2.11. The summed E-state index contributed by atoms with van der Waals surface area (Å²) in [6.45, 7) is 0.623. The Morgan fingerprint density at radius 1 is 0.900 bits per heavy atom. The third kappa shape index (κ3) is 2.58. The minimum Gasteiger partial charge on any atom is -0.378 e. The summed E-state index contributed by atoms with van der Waals surface area (Å²) in [5.41, 5.74) is 2.86. The van der Waals surface area contributed by atoms with Gasteiger partial charge in [-0.25, -0.2) is 0 Å². The minimum atomic E-state index is 0.616. The fourth-order valence-electron chi connectivity index (χ4n) is 2.16. The van der Waals surface area contributed by atoms with Crippen LogP contribution >= 0.6 is 23.2 Å². The molecule has 4 heteroatoms. The first-order valence-corrected chi connectivity index (χ1v) is 7.02. The number of fused-ring (bicyclic) bond motifs is 1. The summed E-state index contributed by atoms with van der Waals surface area (Å²) in [5.74, 6) is 0. The zero-order valence-electron chi connectivity index (χ0n) is 10.6. The maximum Gasteiger partial charge on any atom is 0.0751 e. The number of para-hydroxylation sites is 2. The van der Waals surface area contributed by atoms with E-state index >= 15 is 0 Å². The first kappa shape index (κ1) is 13.2. The lowest BCUT2D eigenvalue weighted by Crippen LogP contribution is -2.02. The summed E-state index contributed by atoms with van der Waals surface area (Å²) in [5, 5.41) is 5.64. The summed E-state index contributed by atoms with van der Waals surface area (Å²) in [6.07, 6.45) is 1.80. The Labute approximate surface area is 127 Å². The highest BCUT2D eigenvalue weighted by Crippen LogP contribution is 2.30. The Morgan fingerprint density at radius 3 is 2.40 bits per heavy atom. The first-order chi connectivity index (χ1) is 9.75. The molecule has 0 saturated heterocycles. The highest BCUT2D eigenvalue weighted by Gasteiger charge is 2.06. The predicted octanol–water partition coefficient (Wildman–Crippen LogP) is 5.15. The van der Waals surface area contributed by atoms with Crippen LogP contribution in [0.1, 0.15) is 5.56 Å². The van der Waals surface area contributed by atoms with Crippen molar-refractivity contribution in [2.75, 3.05) is 5.32 Å². The third-order valence-electron chi connectivity index (χ3n) is 3.13. The first-order valence-electron chi connectivity index (χ1n) is 6.26. The molecule has 20 heavy (non-hydrogen) atoms. The van der Waals surface area contributed by atoms with Gasteiger partial charge in [0.15, 0.2) is 0 Å². The van der Waals surface area contributed by atoms with E-state index in [1.165, 1.54) is 0 Å². The van der Waals surface area contributed by atoms with Crippen molar-refractivity contribution in [1.82, 2.24) is 4.98 Å². The SMILES string of the molecule is Clc1cccc(Cl)c1NCc1cccc2cccnc12. The Balaban J connectivity index is 1.91. The van der Waals surface area contributed by atoms with Crippen molar-refractivity contribution in [3.63, 3.8) is 0 Å². The average molecular weight is 303 g/mol. The molecule has 0 spiro atoms. The van der Waals surface area contributed by atoms with Crippen molar-refractivity contribution in [2.24, 2.45) is 0 Å². The predicted molar refractivity (Wildman–Crippen MR) is 85.5 cm³/mol. The molecule has 100 valence electrons. The molecule has 0 atom stereocenters. The number of nitrogens with zero attached hydrogens (tertiary/aromatic N) is 1. The van der Waals surface area contributed by atoms with Crippen LogP contribution in [0.5, 0.6) is 0 Å². The van der Waals surface area contributed by atoms with Crippen LogP contribution in [0.2, 0.25) is 10.0 Å². The van der Waals surface area contributed by atoms with Crippen LogP contribution in [-0.4, -0.2) is 4.98 Å². The molecule has 0 saturated carbocycles. The Morgan fingerprint density at radius 2 is 1.60 bits per heavy atom. The molecule has 0 radical (unpaired) electrons. The standard InChI is InChI=1S/C16H12Cl2N2/c17-13-7-2-8-14(18)16(13)20-10-12-5-1-4-11-6-3-9-19-15(11)12/h1-9,20H,10H2. The smallest absolute Gasteiger partial charge is 0.0751 e. The van der Waals surface area contributed by atoms with E-state index in [1.807, 2.05) is 48.5 Å². The van der Waals surface area contributed by atoms with Crippen LogP contribution in [0, 0.1) is 0 Å². The number of hydrogen-bond acceptors (Lipinski definition) is 2. The molecule has 0 unspecified atom stereocenters. The van der Waals surface area contributed by atoms with Crippen molar-refractivity contribution >= 4 is 39.8 Å². The summed E-state index contributed by atoms with van der Waals surface area (Å²) in [4.78, 5) is 4.43.